The van der Waals surface area contributed by atoms with Gasteiger partial charge in [-0.3, -0.25) is 0 Å². The van der Waals surface area contributed by atoms with Crippen LogP contribution < -0.4 is 0 Å². The molecule has 0 amide bonds. The molecule has 0 aromatic heterocycles. The molecular weight excluding hydrogens is 168 g/mol. The third-order valence-electron chi connectivity index (χ3n) is 6.53. The van der Waals surface area contributed by atoms with Gasteiger partial charge in [0, 0.05) is 0 Å². The first-order valence-corrected chi connectivity index (χ1v) is 6.55. The molecule has 3 saturated carbocycles. The Hall–Kier alpha value is 0. The summed E-state index contributed by atoms with van der Waals surface area (Å²) in [5, 5.41) is 0. The van der Waals surface area contributed by atoms with E-state index >= 15 is 0 Å². The van der Waals surface area contributed by atoms with Gasteiger partial charge in [0.05, 0.1) is 0 Å². The van der Waals surface area contributed by atoms with E-state index < -0.39 is 0 Å². The minimum absolute atomic E-state index is 0.723. The lowest BCUT2D eigenvalue weighted by Crippen LogP contribution is -2.15. The Morgan fingerprint density at radius 2 is 1.79 bits per heavy atom. The molecule has 0 aliphatic heterocycles. The van der Waals surface area contributed by atoms with Crippen LogP contribution in [0.1, 0.15) is 53.4 Å². The van der Waals surface area contributed by atoms with E-state index in [0.29, 0.717) is 0 Å². The standard InChI is InChI=1S/C14H24/c1-5-9(2)13(3)8-12(13)14(4)10-6-7-11(10)14/h9-12H,5-8H2,1-4H3. The minimum atomic E-state index is 0.723. The molecule has 5 atom stereocenters. The monoisotopic (exact) mass is 192 g/mol. The van der Waals surface area contributed by atoms with Crippen LogP contribution in [0.25, 0.3) is 0 Å². The Bertz CT molecular complexity index is 257. The van der Waals surface area contributed by atoms with E-state index in [1.807, 2.05) is 0 Å². The molecule has 0 radical (unpaired) electrons. The first-order chi connectivity index (χ1) is 6.55. The maximum atomic E-state index is 2.59. The van der Waals surface area contributed by atoms with E-state index in [0.717, 1.165) is 34.5 Å². The maximum Gasteiger partial charge on any atom is -0.0230 e. The third kappa shape index (κ3) is 0.823. The summed E-state index contributed by atoms with van der Waals surface area (Å²) < 4.78 is 0. The fourth-order valence-corrected chi connectivity index (χ4v) is 4.68. The largest absolute Gasteiger partial charge is 0.0651 e. The van der Waals surface area contributed by atoms with Crippen LogP contribution >= 0.6 is 0 Å². The van der Waals surface area contributed by atoms with Gasteiger partial charge in [-0.2, -0.15) is 0 Å². The second kappa shape index (κ2) is 2.39. The van der Waals surface area contributed by atoms with Gasteiger partial charge in [0.15, 0.2) is 0 Å². The molecule has 3 rings (SSSR count). The van der Waals surface area contributed by atoms with E-state index in [-0.39, 0.29) is 0 Å². The SMILES string of the molecule is CCC(C)C1(C)CC1C1(C)C2CCC21. The first-order valence-electron chi connectivity index (χ1n) is 6.55. The molecule has 0 N–H and O–H groups in total. The summed E-state index contributed by atoms with van der Waals surface area (Å²) in [5.41, 5.74) is 1.53. The highest BCUT2D eigenvalue weighted by atomic mass is 14.8. The highest BCUT2D eigenvalue weighted by Crippen LogP contribution is 2.82. The highest BCUT2D eigenvalue weighted by Gasteiger charge is 2.76. The molecule has 0 saturated heterocycles. The summed E-state index contributed by atoms with van der Waals surface area (Å²) in [6.07, 6.45) is 6.01. The Morgan fingerprint density at radius 3 is 2.21 bits per heavy atom. The maximum absolute atomic E-state index is 2.59. The Balaban J connectivity index is 1.73. The van der Waals surface area contributed by atoms with Crippen LogP contribution in [0, 0.1) is 34.5 Å². The number of rotatable bonds is 3. The quantitative estimate of drug-likeness (QED) is 0.631. The Morgan fingerprint density at radius 1 is 1.21 bits per heavy atom. The zero-order valence-corrected chi connectivity index (χ0v) is 10.1. The van der Waals surface area contributed by atoms with Crippen LogP contribution in [-0.4, -0.2) is 0 Å². The molecule has 0 nitrogen and oxygen atoms in total. The molecule has 14 heavy (non-hydrogen) atoms. The summed E-state index contributed by atoms with van der Waals surface area (Å²) in [5.74, 6) is 4.34. The van der Waals surface area contributed by atoms with Gasteiger partial charge >= 0.3 is 0 Å². The van der Waals surface area contributed by atoms with Crippen molar-refractivity contribution < 1.29 is 0 Å². The zero-order chi connectivity index (χ0) is 10.1. The second-order valence-electron chi connectivity index (χ2n) is 6.73. The Labute approximate surface area is 88.5 Å². The minimum Gasteiger partial charge on any atom is -0.0651 e. The van der Waals surface area contributed by atoms with Crippen molar-refractivity contribution in [3.05, 3.63) is 0 Å². The van der Waals surface area contributed by atoms with E-state index in [2.05, 4.69) is 27.7 Å². The van der Waals surface area contributed by atoms with Crippen LogP contribution in [0.4, 0.5) is 0 Å². The fourth-order valence-electron chi connectivity index (χ4n) is 4.68. The molecule has 0 aromatic rings. The van der Waals surface area contributed by atoms with E-state index in [1.165, 1.54) is 12.8 Å². The number of hydrogen-bond acceptors (Lipinski definition) is 0. The van der Waals surface area contributed by atoms with E-state index in [1.54, 1.807) is 12.8 Å². The van der Waals surface area contributed by atoms with Gasteiger partial charge in [0.2, 0.25) is 0 Å². The van der Waals surface area contributed by atoms with Crippen molar-refractivity contribution in [1.29, 1.82) is 0 Å². The molecule has 3 fully saturated rings. The third-order valence-corrected chi connectivity index (χ3v) is 6.53. The summed E-state index contributed by atoms with van der Waals surface area (Å²) in [6.45, 7) is 9.96. The predicted molar refractivity (Wildman–Crippen MR) is 60.0 cm³/mol. The lowest BCUT2D eigenvalue weighted by Gasteiger charge is -2.22. The molecule has 0 heteroatoms. The lowest BCUT2D eigenvalue weighted by atomic mass is 9.83. The number of fused-ring (bicyclic) bond motifs is 1. The van der Waals surface area contributed by atoms with E-state index in [4.69, 9.17) is 0 Å². The number of hydrogen-bond donors (Lipinski definition) is 0. The van der Waals surface area contributed by atoms with Crippen LogP contribution in [0.3, 0.4) is 0 Å². The molecule has 0 aromatic carbocycles. The van der Waals surface area contributed by atoms with Gasteiger partial charge in [0.1, 0.15) is 0 Å². The van der Waals surface area contributed by atoms with Crippen LogP contribution in [-0.2, 0) is 0 Å². The van der Waals surface area contributed by atoms with Crippen LogP contribution in [0.15, 0.2) is 0 Å². The lowest BCUT2D eigenvalue weighted by molar-refractivity contribution is 0.267. The topological polar surface area (TPSA) is 0 Å². The van der Waals surface area contributed by atoms with Crippen molar-refractivity contribution in [1.82, 2.24) is 0 Å². The van der Waals surface area contributed by atoms with Crippen molar-refractivity contribution in [2.24, 2.45) is 34.5 Å². The van der Waals surface area contributed by atoms with Gasteiger partial charge < -0.3 is 0 Å². The zero-order valence-electron chi connectivity index (χ0n) is 10.1. The first kappa shape index (κ1) is 9.24. The normalized spacial score (nSPS) is 61.3. The molecule has 3 aliphatic carbocycles. The molecule has 0 heterocycles. The average molecular weight is 192 g/mol. The highest BCUT2D eigenvalue weighted by molar-refractivity contribution is 5.24. The fraction of sp³-hybridized carbons (Fsp3) is 1.00. The van der Waals surface area contributed by atoms with Crippen molar-refractivity contribution >= 4 is 0 Å². The van der Waals surface area contributed by atoms with Gasteiger partial charge in [-0.05, 0) is 53.8 Å². The van der Waals surface area contributed by atoms with Gasteiger partial charge in [-0.1, -0.05) is 34.1 Å². The van der Waals surface area contributed by atoms with E-state index in [9.17, 15) is 0 Å². The average Bonchev–Trinajstić information content (AvgIpc) is 2.86. The van der Waals surface area contributed by atoms with Crippen LogP contribution in [0.2, 0.25) is 0 Å². The van der Waals surface area contributed by atoms with Crippen molar-refractivity contribution in [2.75, 3.05) is 0 Å². The summed E-state index contributed by atoms with van der Waals surface area (Å²) in [7, 11) is 0. The summed E-state index contributed by atoms with van der Waals surface area (Å²) in [4.78, 5) is 0. The molecule has 0 spiro atoms. The van der Waals surface area contributed by atoms with Crippen molar-refractivity contribution in [3.8, 4) is 0 Å². The van der Waals surface area contributed by atoms with Crippen molar-refractivity contribution in [2.45, 2.75) is 53.4 Å². The summed E-state index contributed by atoms with van der Waals surface area (Å²) in [6, 6.07) is 0. The molecular formula is C14H24. The molecule has 80 valence electrons. The molecule has 0 bridgehead atoms. The molecule has 3 aliphatic rings. The van der Waals surface area contributed by atoms with Crippen LogP contribution in [0.5, 0.6) is 0 Å². The Kier molecular flexibility index (Phi) is 1.58. The smallest absolute Gasteiger partial charge is 0.0230 e. The van der Waals surface area contributed by atoms with Gasteiger partial charge in [0.25, 0.3) is 0 Å². The van der Waals surface area contributed by atoms with Crippen molar-refractivity contribution in [3.63, 3.8) is 0 Å². The molecule has 5 unspecified atom stereocenters. The predicted octanol–water partition coefficient (Wildman–Crippen LogP) is 4.10. The second-order valence-corrected chi connectivity index (χ2v) is 6.73. The summed E-state index contributed by atoms with van der Waals surface area (Å²) >= 11 is 0. The van der Waals surface area contributed by atoms with Gasteiger partial charge in [-0.25, -0.2) is 0 Å². The van der Waals surface area contributed by atoms with Gasteiger partial charge in [-0.15, -0.1) is 0 Å².